The molecule has 0 aliphatic carbocycles. The standard InChI is InChI=1S/C13H17N3O2/c1-9-10(7-8-14)13(17)16(15-9)11-5-3-4-6-12(11)18-2/h3-6,10H,7-8,14H2,1-2H3. The zero-order valence-electron chi connectivity index (χ0n) is 10.6. The van der Waals surface area contributed by atoms with E-state index in [-0.39, 0.29) is 11.8 Å². The van der Waals surface area contributed by atoms with Crippen LogP contribution in [0.4, 0.5) is 5.69 Å². The van der Waals surface area contributed by atoms with E-state index in [1.807, 2.05) is 31.2 Å². The number of methoxy groups -OCH3 is 1. The summed E-state index contributed by atoms with van der Waals surface area (Å²) in [6.07, 6.45) is 0.625. The fraction of sp³-hybridized carbons (Fsp3) is 0.385. The van der Waals surface area contributed by atoms with Crippen LogP contribution < -0.4 is 15.5 Å². The van der Waals surface area contributed by atoms with Crippen LogP contribution in [-0.4, -0.2) is 25.3 Å². The molecule has 1 aliphatic heterocycles. The van der Waals surface area contributed by atoms with Crippen LogP contribution in [-0.2, 0) is 4.79 Å². The molecule has 1 aliphatic rings. The van der Waals surface area contributed by atoms with Gasteiger partial charge in [-0.05, 0) is 32.0 Å². The molecule has 0 saturated carbocycles. The van der Waals surface area contributed by atoms with E-state index in [4.69, 9.17) is 10.5 Å². The highest BCUT2D eigenvalue weighted by atomic mass is 16.5. The van der Waals surface area contributed by atoms with E-state index < -0.39 is 0 Å². The van der Waals surface area contributed by atoms with Gasteiger partial charge in [0.1, 0.15) is 11.4 Å². The lowest BCUT2D eigenvalue weighted by Crippen LogP contribution is -2.28. The molecule has 5 heteroatoms. The van der Waals surface area contributed by atoms with Gasteiger partial charge in [-0.15, -0.1) is 0 Å². The molecule has 0 radical (unpaired) electrons. The summed E-state index contributed by atoms with van der Waals surface area (Å²) in [4.78, 5) is 12.3. The molecule has 5 nitrogen and oxygen atoms in total. The first kappa shape index (κ1) is 12.6. The summed E-state index contributed by atoms with van der Waals surface area (Å²) < 4.78 is 5.25. The van der Waals surface area contributed by atoms with Crippen molar-refractivity contribution in [2.24, 2.45) is 16.8 Å². The Morgan fingerprint density at radius 2 is 2.17 bits per heavy atom. The molecule has 96 valence electrons. The van der Waals surface area contributed by atoms with Crippen molar-refractivity contribution in [1.29, 1.82) is 0 Å². The summed E-state index contributed by atoms with van der Waals surface area (Å²) in [5, 5.41) is 5.72. The third-order valence-corrected chi connectivity index (χ3v) is 3.04. The number of nitrogens with two attached hydrogens (primary N) is 1. The predicted octanol–water partition coefficient (Wildman–Crippen LogP) is 1.38. The Bertz CT molecular complexity index is 485. The van der Waals surface area contributed by atoms with Gasteiger partial charge in [-0.3, -0.25) is 4.79 Å². The maximum Gasteiger partial charge on any atom is 0.256 e. The van der Waals surface area contributed by atoms with Gasteiger partial charge in [0, 0.05) is 5.71 Å². The Balaban J connectivity index is 2.33. The molecular formula is C13H17N3O2. The van der Waals surface area contributed by atoms with Gasteiger partial charge in [0.25, 0.3) is 5.91 Å². The first-order valence-corrected chi connectivity index (χ1v) is 5.91. The number of rotatable bonds is 4. The smallest absolute Gasteiger partial charge is 0.256 e. The van der Waals surface area contributed by atoms with Crippen molar-refractivity contribution in [2.75, 3.05) is 18.7 Å². The second-order valence-corrected chi connectivity index (χ2v) is 4.19. The number of para-hydroxylation sites is 2. The number of amides is 1. The molecule has 2 N–H and O–H groups in total. The van der Waals surface area contributed by atoms with E-state index in [0.29, 0.717) is 24.4 Å². The largest absolute Gasteiger partial charge is 0.494 e. The van der Waals surface area contributed by atoms with Crippen LogP contribution in [0.2, 0.25) is 0 Å². The third-order valence-electron chi connectivity index (χ3n) is 3.04. The molecule has 1 atom stereocenters. The number of hydrogen-bond donors (Lipinski definition) is 1. The van der Waals surface area contributed by atoms with Crippen molar-refractivity contribution < 1.29 is 9.53 Å². The number of nitrogens with zero attached hydrogens (tertiary/aromatic N) is 2. The van der Waals surface area contributed by atoms with Gasteiger partial charge in [0.2, 0.25) is 0 Å². The molecular weight excluding hydrogens is 230 g/mol. The quantitative estimate of drug-likeness (QED) is 0.874. The Morgan fingerprint density at radius 1 is 1.44 bits per heavy atom. The molecule has 2 rings (SSSR count). The number of benzene rings is 1. The minimum absolute atomic E-state index is 0.0394. The van der Waals surface area contributed by atoms with E-state index in [9.17, 15) is 4.79 Å². The Kier molecular flexibility index (Phi) is 3.62. The van der Waals surface area contributed by atoms with E-state index in [1.54, 1.807) is 7.11 Å². The fourth-order valence-electron chi connectivity index (χ4n) is 2.08. The van der Waals surface area contributed by atoms with Crippen LogP contribution in [0.15, 0.2) is 29.4 Å². The Hall–Kier alpha value is -1.88. The van der Waals surface area contributed by atoms with Crippen molar-refractivity contribution in [3.8, 4) is 5.75 Å². The number of hydrogen-bond acceptors (Lipinski definition) is 4. The minimum Gasteiger partial charge on any atom is -0.494 e. The SMILES string of the molecule is COc1ccccc1N1N=C(C)C(CCN)C1=O. The highest BCUT2D eigenvalue weighted by molar-refractivity contribution is 6.15. The second kappa shape index (κ2) is 5.18. The Morgan fingerprint density at radius 3 is 2.83 bits per heavy atom. The summed E-state index contributed by atoms with van der Waals surface area (Å²) >= 11 is 0. The summed E-state index contributed by atoms with van der Waals surface area (Å²) in [6.45, 7) is 2.33. The topological polar surface area (TPSA) is 67.9 Å². The van der Waals surface area contributed by atoms with Crippen LogP contribution in [0.5, 0.6) is 5.75 Å². The maximum atomic E-state index is 12.3. The zero-order chi connectivity index (χ0) is 13.1. The van der Waals surface area contributed by atoms with Crippen molar-refractivity contribution in [1.82, 2.24) is 0 Å². The second-order valence-electron chi connectivity index (χ2n) is 4.19. The third kappa shape index (κ3) is 2.09. The maximum absolute atomic E-state index is 12.3. The molecule has 0 saturated heterocycles. The molecule has 0 spiro atoms. The van der Waals surface area contributed by atoms with E-state index in [1.165, 1.54) is 5.01 Å². The lowest BCUT2D eigenvalue weighted by molar-refractivity contribution is -0.119. The average molecular weight is 247 g/mol. The summed E-state index contributed by atoms with van der Waals surface area (Å²) in [5.41, 5.74) is 6.99. The van der Waals surface area contributed by atoms with Crippen LogP contribution >= 0.6 is 0 Å². The van der Waals surface area contributed by atoms with Crippen LogP contribution in [0, 0.1) is 5.92 Å². The fourth-order valence-corrected chi connectivity index (χ4v) is 2.08. The lowest BCUT2D eigenvalue weighted by Gasteiger charge is -2.16. The molecule has 0 aromatic heterocycles. The summed E-state index contributed by atoms with van der Waals surface area (Å²) in [5.74, 6) is 0.387. The minimum atomic E-state index is -0.208. The van der Waals surface area contributed by atoms with Gasteiger partial charge in [-0.1, -0.05) is 12.1 Å². The van der Waals surface area contributed by atoms with Gasteiger partial charge < -0.3 is 10.5 Å². The molecule has 1 unspecified atom stereocenters. The highest BCUT2D eigenvalue weighted by Crippen LogP contribution is 2.32. The van der Waals surface area contributed by atoms with Crippen molar-refractivity contribution in [3.05, 3.63) is 24.3 Å². The molecule has 0 fully saturated rings. The molecule has 1 aromatic carbocycles. The number of carbonyl (C=O) groups excluding carboxylic acids is 1. The van der Waals surface area contributed by atoms with Crippen LogP contribution in [0.3, 0.4) is 0 Å². The zero-order valence-corrected chi connectivity index (χ0v) is 10.6. The van der Waals surface area contributed by atoms with Gasteiger partial charge in [0.15, 0.2) is 0 Å². The van der Waals surface area contributed by atoms with Crippen molar-refractivity contribution in [3.63, 3.8) is 0 Å². The molecule has 1 amide bonds. The van der Waals surface area contributed by atoms with Gasteiger partial charge in [-0.25, -0.2) is 0 Å². The number of anilines is 1. The summed E-state index contributed by atoms with van der Waals surface area (Å²) in [6, 6.07) is 7.34. The van der Waals surface area contributed by atoms with Crippen LogP contribution in [0.25, 0.3) is 0 Å². The lowest BCUT2D eigenvalue weighted by atomic mass is 10.0. The number of carbonyl (C=O) groups is 1. The predicted molar refractivity (Wildman–Crippen MR) is 70.8 cm³/mol. The van der Waals surface area contributed by atoms with Crippen LogP contribution in [0.1, 0.15) is 13.3 Å². The molecule has 0 bridgehead atoms. The van der Waals surface area contributed by atoms with E-state index >= 15 is 0 Å². The van der Waals surface area contributed by atoms with Gasteiger partial charge in [0.05, 0.1) is 13.0 Å². The van der Waals surface area contributed by atoms with E-state index in [0.717, 1.165) is 5.71 Å². The molecule has 1 heterocycles. The normalized spacial score (nSPS) is 19.1. The van der Waals surface area contributed by atoms with Gasteiger partial charge >= 0.3 is 0 Å². The molecule has 18 heavy (non-hydrogen) atoms. The number of ether oxygens (including phenoxy) is 1. The van der Waals surface area contributed by atoms with Gasteiger partial charge in [-0.2, -0.15) is 10.1 Å². The summed E-state index contributed by atoms with van der Waals surface area (Å²) in [7, 11) is 1.58. The highest BCUT2D eigenvalue weighted by Gasteiger charge is 2.34. The van der Waals surface area contributed by atoms with E-state index in [2.05, 4.69) is 5.10 Å². The first-order chi connectivity index (χ1) is 8.69. The molecule has 1 aromatic rings. The number of hydrazone groups is 1. The average Bonchev–Trinajstić information content (AvgIpc) is 2.67. The van der Waals surface area contributed by atoms with Crippen molar-refractivity contribution >= 4 is 17.3 Å². The Labute approximate surface area is 106 Å². The monoisotopic (exact) mass is 247 g/mol. The first-order valence-electron chi connectivity index (χ1n) is 5.91. The van der Waals surface area contributed by atoms with Crippen molar-refractivity contribution in [2.45, 2.75) is 13.3 Å².